The minimum atomic E-state index is -4.27. The highest BCUT2D eigenvalue weighted by Gasteiger charge is 2.23. The number of amides is 2. The minimum Gasteiger partial charge on any atom is -0.384 e. The predicted molar refractivity (Wildman–Crippen MR) is 106 cm³/mol. The number of nitrogens with one attached hydrogen (secondary N) is 2. The molecule has 156 valence electrons. The van der Waals surface area contributed by atoms with Crippen molar-refractivity contribution in [2.75, 3.05) is 0 Å². The average Bonchev–Trinajstić information content (AvgIpc) is 2.67. The van der Waals surface area contributed by atoms with Crippen molar-refractivity contribution in [2.24, 2.45) is 0 Å². The molecule has 29 heavy (non-hydrogen) atoms. The number of aliphatic hydroxyl groups excluding tert-OH is 1. The zero-order valence-corrected chi connectivity index (χ0v) is 16.9. The number of benzene rings is 2. The fourth-order valence-corrected chi connectivity index (χ4v) is 3.86. The minimum absolute atomic E-state index is 0.0232. The van der Waals surface area contributed by atoms with Crippen LogP contribution in [-0.4, -0.2) is 31.4 Å². The molecular formula is C20H23FN2O5S. The number of carbonyl (C=O) groups excluding carboxylic acids is 2. The molecule has 0 saturated carbocycles. The summed E-state index contributed by atoms with van der Waals surface area (Å²) in [7, 11) is -4.27. The number of rotatable bonds is 8. The summed E-state index contributed by atoms with van der Waals surface area (Å²) in [5, 5.41) is 11.9. The fraction of sp³-hybridized carbons (Fsp3) is 0.300. The lowest BCUT2D eigenvalue weighted by Gasteiger charge is -2.13. The molecule has 2 rings (SSSR count). The lowest BCUT2D eigenvalue weighted by atomic mass is 10.0. The Kier molecular flexibility index (Phi) is 7.46. The second kappa shape index (κ2) is 9.62. The van der Waals surface area contributed by atoms with E-state index in [4.69, 9.17) is 0 Å². The van der Waals surface area contributed by atoms with Gasteiger partial charge in [0.15, 0.2) is 0 Å². The highest BCUT2D eigenvalue weighted by molar-refractivity contribution is 7.90. The zero-order valence-electron chi connectivity index (χ0n) is 16.1. The zero-order chi connectivity index (χ0) is 21.6. The van der Waals surface area contributed by atoms with E-state index in [2.05, 4.69) is 5.32 Å². The van der Waals surface area contributed by atoms with Crippen molar-refractivity contribution in [1.29, 1.82) is 0 Å². The Morgan fingerprint density at radius 2 is 1.86 bits per heavy atom. The largest absolute Gasteiger partial charge is 0.384 e. The summed E-state index contributed by atoms with van der Waals surface area (Å²) in [5.41, 5.74) is 0.747. The van der Waals surface area contributed by atoms with Gasteiger partial charge in [-0.15, -0.1) is 0 Å². The van der Waals surface area contributed by atoms with Crippen LogP contribution in [0.5, 0.6) is 0 Å². The third-order valence-corrected chi connectivity index (χ3v) is 5.51. The van der Waals surface area contributed by atoms with Crippen LogP contribution in [0.4, 0.5) is 4.39 Å². The van der Waals surface area contributed by atoms with Crippen LogP contribution in [-0.2, 0) is 26.2 Å². The summed E-state index contributed by atoms with van der Waals surface area (Å²) in [6.07, 6.45) is -0.468. The molecule has 0 spiro atoms. The van der Waals surface area contributed by atoms with Crippen molar-refractivity contribution in [3.63, 3.8) is 0 Å². The summed E-state index contributed by atoms with van der Waals surface area (Å²) >= 11 is 0. The Hall–Kier alpha value is -2.78. The van der Waals surface area contributed by atoms with Crippen molar-refractivity contribution in [2.45, 2.75) is 44.2 Å². The standard InChI is InChI=1S/C20H23FN2O5S/c1-3-6-19(25)22-12-15-10-9-14(11-17(15)21)16-7-4-5-8-18(16)29(27,28)23-20(26)13(2)24/h4-5,7-11,13,24H,3,6,12H2,1-2H3,(H,22,25)(H,23,26)/t13-/m0/s1. The molecule has 2 amide bonds. The van der Waals surface area contributed by atoms with Crippen LogP contribution < -0.4 is 10.0 Å². The Morgan fingerprint density at radius 1 is 1.17 bits per heavy atom. The molecule has 0 bridgehead atoms. The van der Waals surface area contributed by atoms with Gasteiger partial charge in [-0.05, 0) is 31.0 Å². The molecule has 0 radical (unpaired) electrons. The number of hydrogen-bond acceptors (Lipinski definition) is 5. The van der Waals surface area contributed by atoms with E-state index < -0.39 is 27.9 Å². The van der Waals surface area contributed by atoms with Gasteiger partial charge < -0.3 is 10.4 Å². The average molecular weight is 422 g/mol. The summed E-state index contributed by atoms with van der Waals surface area (Å²) in [6.45, 7) is 3.03. The monoisotopic (exact) mass is 422 g/mol. The SMILES string of the molecule is CCCC(=O)NCc1ccc(-c2ccccc2S(=O)(=O)NC(=O)[C@H](C)O)cc1F. The van der Waals surface area contributed by atoms with Gasteiger partial charge in [-0.1, -0.05) is 37.3 Å². The molecule has 9 heteroatoms. The van der Waals surface area contributed by atoms with Gasteiger partial charge in [-0.3, -0.25) is 9.59 Å². The lowest BCUT2D eigenvalue weighted by molar-refractivity contribution is -0.126. The smallest absolute Gasteiger partial charge is 0.264 e. The molecule has 2 aromatic carbocycles. The maximum Gasteiger partial charge on any atom is 0.264 e. The van der Waals surface area contributed by atoms with Crippen LogP contribution >= 0.6 is 0 Å². The Balaban J connectivity index is 2.33. The van der Waals surface area contributed by atoms with Gasteiger partial charge in [0.05, 0.1) is 4.90 Å². The highest BCUT2D eigenvalue weighted by Crippen LogP contribution is 2.28. The number of sulfonamides is 1. The molecule has 0 saturated heterocycles. The first-order valence-electron chi connectivity index (χ1n) is 9.05. The summed E-state index contributed by atoms with van der Waals surface area (Å²) in [6, 6.07) is 10.00. The van der Waals surface area contributed by atoms with E-state index in [-0.39, 0.29) is 34.0 Å². The predicted octanol–water partition coefficient (Wildman–Crippen LogP) is 2.09. The van der Waals surface area contributed by atoms with Crippen molar-refractivity contribution in [1.82, 2.24) is 10.0 Å². The number of aliphatic hydroxyl groups is 1. The van der Waals surface area contributed by atoms with Crippen molar-refractivity contribution >= 4 is 21.8 Å². The van der Waals surface area contributed by atoms with Gasteiger partial charge >= 0.3 is 0 Å². The second-order valence-electron chi connectivity index (χ2n) is 6.47. The number of carbonyl (C=O) groups is 2. The lowest BCUT2D eigenvalue weighted by Crippen LogP contribution is -2.37. The van der Waals surface area contributed by atoms with E-state index in [1.165, 1.54) is 36.4 Å². The van der Waals surface area contributed by atoms with Crippen molar-refractivity contribution in [3.05, 3.63) is 53.8 Å². The molecule has 0 aliphatic rings. The molecule has 2 aromatic rings. The van der Waals surface area contributed by atoms with Crippen LogP contribution in [0, 0.1) is 5.82 Å². The molecule has 0 aliphatic heterocycles. The third-order valence-electron chi connectivity index (χ3n) is 4.11. The maximum absolute atomic E-state index is 14.5. The van der Waals surface area contributed by atoms with E-state index in [1.54, 1.807) is 10.8 Å². The third kappa shape index (κ3) is 5.85. The Labute approximate surface area is 169 Å². The molecule has 7 nitrogen and oxygen atoms in total. The molecule has 3 N–H and O–H groups in total. The van der Waals surface area contributed by atoms with Gasteiger partial charge in [-0.2, -0.15) is 0 Å². The first-order valence-corrected chi connectivity index (χ1v) is 10.5. The molecule has 0 fully saturated rings. The molecule has 0 heterocycles. The van der Waals surface area contributed by atoms with Crippen LogP contribution in [0.15, 0.2) is 47.4 Å². The van der Waals surface area contributed by atoms with Gasteiger partial charge in [0.2, 0.25) is 5.91 Å². The molecule has 0 aromatic heterocycles. The highest BCUT2D eigenvalue weighted by atomic mass is 32.2. The first-order chi connectivity index (χ1) is 13.7. The fourth-order valence-electron chi connectivity index (χ4n) is 2.58. The van der Waals surface area contributed by atoms with Crippen LogP contribution in [0.3, 0.4) is 0 Å². The van der Waals surface area contributed by atoms with E-state index in [9.17, 15) is 27.5 Å². The van der Waals surface area contributed by atoms with E-state index in [1.807, 2.05) is 6.92 Å². The number of hydrogen-bond donors (Lipinski definition) is 3. The number of halogens is 1. The molecule has 1 atom stereocenters. The van der Waals surface area contributed by atoms with Crippen LogP contribution in [0.2, 0.25) is 0 Å². The Morgan fingerprint density at radius 3 is 2.48 bits per heavy atom. The normalized spacial score (nSPS) is 12.3. The molecular weight excluding hydrogens is 399 g/mol. The first kappa shape index (κ1) is 22.5. The topological polar surface area (TPSA) is 113 Å². The molecule has 0 aliphatic carbocycles. The summed E-state index contributed by atoms with van der Waals surface area (Å²) in [5.74, 6) is -1.84. The van der Waals surface area contributed by atoms with Gasteiger partial charge in [0, 0.05) is 24.1 Å². The van der Waals surface area contributed by atoms with Crippen molar-refractivity contribution < 1.29 is 27.5 Å². The second-order valence-corrected chi connectivity index (χ2v) is 8.13. The summed E-state index contributed by atoms with van der Waals surface area (Å²) < 4.78 is 41.4. The van der Waals surface area contributed by atoms with Crippen LogP contribution in [0.25, 0.3) is 11.1 Å². The van der Waals surface area contributed by atoms with Gasteiger partial charge in [-0.25, -0.2) is 17.5 Å². The van der Waals surface area contributed by atoms with Crippen molar-refractivity contribution in [3.8, 4) is 11.1 Å². The van der Waals surface area contributed by atoms with Gasteiger partial charge in [0.25, 0.3) is 15.9 Å². The van der Waals surface area contributed by atoms with E-state index in [0.29, 0.717) is 12.8 Å². The maximum atomic E-state index is 14.5. The Bertz CT molecular complexity index is 1010. The molecule has 0 unspecified atom stereocenters. The van der Waals surface area contributed by atoms with Gasteiger partial charge in [0.1, 0.15) is 11.9 Å². The van der Waals surface area contributed by atoms with E-state index in [0.717, 1.165) is 6.92 Å². The van der Waals surface area contributed by atoms with Crippen LogP contribution in [0.1, 0.15) is 32.3 Å². The van der Waals surface area contributed by atoms with E-state index >= 15 is 0 Å². The quantitative estimate of drug-likeness (QED) is 0.603. The summed E-state index contributed by atoms with van der Waals surface area (Å²) in [4.78, 5) is 22.9.